The standard InChI is InChI=1S/C10H13N5/c1-3-11-9-5-6-12-10(14-9)8-4-7-13-15(8)2/h4-7H,3H2,1-2H3,(H,11,12,14). The molecule has 0 unspecified atom stereocenters. The van der Waals surface area contributed by atoms with E-state index in [0.29, 0.717) is 5.82 Å². The van der Waals surface area contributed by atoms with Crippen LogP contribution in [0.1, 0.15) is 6.92 Å². The Labute approximate surface area is 88.2 Å². The lowest BCUT2D eigenvalue weighted by Gasteiger charge is -2.04. The van der Waals surface area contributed by atoms with Gasteiger partial charge in [-0.05, 0) is 19.1 Å². The van der Waals surface area contributed by atoms with Crippen LogP contribution in [0.15, 0.2) is 24.5 Å². The van der Waals surface area contributed by atoms with Gasteiger partial charge >= 0.3 is 0 Å². The zero-order valence-electron chi connectivity index (χ0n) is 8.81. The number of aryl methyl sites for hydroxylation is 1. The van der Waals surface area contributed by atoms with E-state index < -0.39 is 0 Å². The lowest BCUT2D eigenvalue weighted by Crippen LogP contribution is -2.02. The summed E-state index contributed by atoms with van der Waals surface area (Å²) in [5.41, 5.74) is 0.912. The quantitative estimate of drug-likeness (QED) is 0.817. The lowest BCUT2D eigenvalue weighted by molar-refractivity contribution is 0.770. The molecule has 1 N–H and O–H groups in total. The zero-order chi connectivity index (χ0) is 10.7. The van der Waals surface area contributed by atoms with E-state index in [2.05, 4.69) is 20.4 Å². The molecule has 0 aromatic carbocycles. The van der Waals surface area contributed by atoms with E-state index in [1.807, 2.05) is 26.1 Å². The van der Waals surface area contributed by atoms with Crippen LogP contribution in [-0.2, 0) is 7.05 Å². The van der Waals surface area contributed by atoms with Gasteiger partial charge in [0.2, 0.25) is 0 Å². The fourth-order valence-corrected chi connectivity index (χ4v) is 1.35. The maximum Gasteiger partial charge on any atom is 0.179 e. The predicted octanol–water partition coefficient (Wildman–Crippen LogP) is 1.31. The molecule has 15 heavy (non-hydrogen) atoms. The molecular weight excluding hydrogens is 190 g/mol. The second kappa shape index (κ2) is 4.08. The Morgan fingerprint density at radius 3 is 2.87 bits per heavy atom. The summed E-state index contributed by atoms with van der Waals surface area (Å²) in [6.45, 7) is 2.88. The highest BCUT2D eigenvalue weighted by Crippen LogP contribution is 2.14. The number of hydrogen-bond acceptors (Lipinski definition) is 4. The Morgan fingerprint density at radius 1 is 1.33 bits per heavy atom. The average molecular weight is 203 g/mol. The third kappa shape index (κ3) is 1.96. The monoisotopic (exact) mass is 203 g/mol. The molecule has 5 heteroatoms. The van der Waals surface area contributed by atoms with E-state index in [4.69, 9.17) is 0 Å². The molecule has 2 heterocycles. The van der Waals surface area contributed by atoms with Crippen LogP contribution in [0, 0.1) is 0 Å². The van der Waals surface area contributed by atoms with E-state index in [9.17, 15) is 0 Å². The van der Waals surface area contributed by atoms with Gasteiger partial charge in [0.05, 0.1) is 0 Å². The summed E-state index contributed by atoms with van der Waals surface area (Å²) in [6.07, 6.45) is 3.48. The molecule has 0 aliphatic carbocycles. The molecule has 2 aromatic heterocycles. The number of aromatic nitrogens is 4. The van der Waals surface area contributed by atoms with Gasteiger partial charge in [-0.3, -0.25) is 4.68 Å². The third-order valence-electron chi connectivity index (χ3n) is 2.06. The molecule has 0 bridgehead atoms. The van der Waals surface area contributed by atoms with Crippen molar-refractivity contribution in [3.8, 4) is 11.5 Å². The van der Waals surface area contributed by atoms with Crippen LogP contribution in [-0.4, -0.2) is 26.3 Å². The SMILES string of the molecule is CCNc1ccnc(-c2ccnn2C)n1. The molecular formula is C10H13N5. The van der Waals surface area contributed by atoms with Crippen molar-refractivity contribution in [3.05, 3.63) is 24.5 Å². The van der Waals surface area contributed by atoms with Gasteiger partial charge in [-0.25, -0.2) is 9.97 Å². The molecule has 5 nitrogen and oxygen atoms in total. The molecule has 0 saturated carbocycles. The van der Waals surface area contributed by atoms with Crippen LogP contribution in [0.25, 0.3) is 11.5 Å². The smallest absolute Gasteiger partial charge is 0.179 e. The first kappa shape index (κ1) is 9.64. The van der Waals surface area contributed by atoms with E-state index in [0.717, 1.165) is 18.1 Å². The van der Waals surface area contributed by atoms with Crippen LogP contribution in [0.5, 0.6) is 0 Å². The van der Waals surface area contributed by atoms with Crippen LogP contribution < -0.4 is 5.32 Å². The maximum absolute atomic E-state index is 4.38. The zero-order valence-corrected chi connectivity index (χ0v) is 8.81. The molecule has 2 aromatic rings. The first-order valence-corrected chi connectivity index (χ1v) is 4.86. The van der Waals surface area contributed by atoms with Crippen molar-refractivity contribution < 1.29 is 0 Å². The van der Waals surface area contributed by atoms with Gasteiger partial charge in [-0.1, -0.05) is 0 Å². The summed E-state index contributed by atoms with van der Waals surface area (Å²) in [5, 5.41) is 7.23. The van der Waals surface area contributed by atoms with E-state index in [1.165, 1.54) is 0 Å². The molecule has 2 rings (SSSR count). The van der Waals surface area contributed by atoms with Gasteiger partial charge in [0.1, 0.15) is 11.5 Å². The minimum atomic E-state index is 0.688. The number of anilines is 1. The molecule has 0 atom stereocenters. The van der Waals surface area contributed by atoms with Gasteiger partial charge in [-0.15, -0.1) is 0 Å². The molecule has 0 radical (unpaired) electrons. The number of nitrogens with one attached hydrogen (secondary N) is 1. The van der Waals surface area contributed by atoms with Gasteiger partial charge in [-0.2, -0.15) is 5.10 Å². The summed E-state index contributed by atoms with van der Waals surface area (Å²) in [6, 6.07) is 3.74. The summed E-state index contributed by atoms with van der Waals surface area (Å²) in [5.74, 6) is 1.53. The van der Waals surface area contributed by atoms with Crippen LogP contribution in [0.4, 0.5) is 5.82 Å². The van der Waals surface area contributed by atoms with Gasteiger partial charge < -0.3 is 5.32 Å². The number of hydrogen-bond donors (Lipinski definition) is 1. The van der Waals surface area contributed by atoms with Crippen molar-refractivity contribution >= 4 is 5.82 Å². The van der Waals surface area contributed by atoms with Crippen molar-refractivity contribution in [2.45, 2.75) is 6.92 Å². The molecule has 0 amide bonds. The number of rotatable bonds is 3. The van der Waals surface area contributed by atoms with Crippen molar-refractivity contribution in [2.75, 3.05) is 11.9 Å². The molecule has 0 fully saturated rings. The third-order valence-corrected chi connectivity index (χ3v) is 2.06. The summed E-state index contributed by atoms with van der Waals surface area (Å²) in [4.78, 5) is 8.60. The highest BCUT2D eigenvalue weighted by Gasteiger charge is 2.05. The van der Waals surface area contributed by atoms with Crippen molar-refractivity contribution in [1.82, 2.24) is 19.7 Å². The Bertz CT molecular complexity index is 449. The maximum atomic E-state index is 4.38. The average Bonchev–Trinajstić information content (AvgIpc) is 2.65. The fourth-order valence-electron chi connectivity index (χ4n) is 1.35. The summed E-state index contributed by atoms with van der Waals surface area (Å²) in [7, 11) is 1.87. The Morgan fingerprint density at radius 2 is 2.20 bits per heavy atom. The topological polar surface area (TPSA) is 55.6 Å². The fraction of sp³-hybridized carbons (Fsp3) is 0.300. The Kier molecular flexibility index (Phi) is 2.62. The van der Waals surface area contributed by atoms with Gasteiger partial charge in [0.25, 0.3) is 0 Å². The minimum Gasteiger partial charge on any atom is -0.370 e. The first-order chi connectivity index (χ1) is 7.31. The van der Waals surface area contributed by atoms with Crippen molar-refractivity contribution in [3.63, 3.8) is 0 Å². The lowest BCUT2D eigenvalue weighted by atomic mass is 10.4. The number of nitrogens with zero attached hydrogens (tertiary/aromatic N) is 4. The minimum absolute atomic E-state index is 0.688. The Balaban J connectivity index is 2.37. The highest BCUT2D eigenvalue weighted by atomic mass is 15.3. The van der Waals surface area contributed by atoms with Gasteiger partial charge in [0.15, 0.2) is 5.82 Å². The van der Waals surface area contributed by atoms with Gasteiger partial charge in [0, 0.05) is 26.0 Å². The molecule has 0 spiro atoms. The Hall–Kier alpha value is -1.91. The predicted molar refractivity (Wildman–Crippen MR) is 58.4 cm³/mol. The molecule has 0 aliphatic heterocycles. The first-order valence-electron chi connectivity index (χ1n) is 4.86. The van der Waals surface area contributed by atoms with Crippen LogP contribution >= 0.6 is 0 Å². The van der Waals surface area contributed by atoms with E-state index in [-0.39, 0.29) is 0 Å². The second-order valence-electron chi connectivity index (χ2n) is 3.14. The molecule has 78 valence electrons. The van der Waals surface area contributed by atoms with Crippen LogP contribution in [0.3, 0.4) is 0 Å². The normalized spacial score (nSPS) is 10.3. The molecule has 0 aliphatic rings. The highest BCUT2D eigenvalue weighted by molar-refractivity contribution is 5.51. The van der Waals surface area contributed by atoms with E-state index in [1.54, 1.807) is 17.1 Å². The second-order valence-corrected chi connectivity index (χ2v) is 3.14. The molecule has 0 saturated heterocycles. The largest absolute Gasteiger partial charge is 0.370 e. The summed E-state index contributed by atoms with van der Waals surface area (Å²) < 4.78 is 1.76. The van der Waals surface area contributed by atoms with E-state index >= 15 is 0 Å². The summed E-state index contributed by atoms with van der Waals surface area (Å²) >= 11 is 0. The van der Waals surface area contributed by atoms with Crippen molar-refractivity contribution in [1.29, 1.82) is 0 Å². The van der Waals surface area contributed by atoms with Crippen LogP contribution in [0.2, 0.25) is 0 Å². The van der Waals surface area contributed by atoms with Crippen molar-refractivity contribution in [2.24, 2.45) is 7.05 Å².